The fourth-order valence-corrected chi connectivity index (χ4v) is 4.19. The van der Waals surface area contributed by atoms with Gasteiger partial charge in [-0.2, -0.15) is 0 Å². The molecule has 0 N–H and O–H groups in total. The Morgan fingerprint density at radius 3 is 2.74 bits per heavy atom. The van der Waals surface area contributed by atoms with Gasteiger partial charge in [0.05, 0.1) is 11.8 Å². The van der Waals surface area contributed by atoms with Crippen molar-refractivity contribution in [1.29, 1.82) is 0 Å². The first-order valence-corrected chi connectivity index (χ1v) is 7.95. The Morgan fingerprint density at radius 2 is 1.95 bits per heavy atom. The Labute approximate surface area is 115 Å². The second-order valence-electron chi connectivity index (χ2n) is 5.05. The van der Waals surface area contributed by atoms with Gasteiger partial charge in [-0.3, -0.25) is 0 Å². The molecule has 1 aromatic rings. The molecule has 3 atom stereocenters. The number of rotatable bonds is 3. The first-order valence-electron chi connectivity index (χ1n) is 6.68. The van der Waals surface area contributed by atoms with Crippen molar-refractivity contribution in [3.8, 4) is 0 Å². The lowest BCUT2D eigenvalue weighted by atomic mass is 9.93. The standard InChI is InChI=1S/C14H17NO3S/c16-14-15(12-8-4-5-9-13(12)18-14)19(17)10-11-6-2-1-3-7-11/h1-3,6-7,12-13H,4-5,8-10H2/t12-,13-,19?/m0/s1. The van der Waals surface area contributed by atoms with E-state index < -0.39 is 17.1 Å². The topological polar surface area (TPSA) is 46.6 Å². The molecule has 1 aromatic carbocycles. The maximum atomic E-state index is 12.4. The van der Waals surface area contributed by atoms with E-state index in [-0.39, 0.29) is 12.1 Å². The van der Waals surface area contributed by atoms with Gasteiger partial charge in [-0.05, 0) is 24.8 Å². The van der Waals surface area contributed by atoms with E-state index in [0.717, 1.165) is 31.2 Å². The molecule has 1 saturated heterocycles. The molecule has 2 fully saturated rings. The summed E-state index contributed by atoms with van der Waals surface area (Å²) in [5, 5.41) is 0. The van der Waals surface area contributed by atoms with Crippen molar-refractivity contribution < 1.29 is 13.7 Å². The van der Waals surface area contributed by atoms with Gasteiger partial charge in [0.25, 0.3) is 0 Å². The molecular formula is C14H17NO3S. The van der Waals surface area contributed by atoms with Crippen LogP contribution in [-0.2, 0) is 21.5 Å². The fraction of sp³-hybridized carbons (Fsp3) is 0.500. The van der Waals surface area contributed by atoms with Gasteiger partial charge < -0.3 is 4.74 Å². The van der Waals surface area contributed by atoms with Gasteiger partial charge in [0.2, 0.25) is 0 Å². The van der Waals surface area contributed by atoms with Gasteiger partial charge >= 0.3 is 6.09 Å². The predicted molar refractivity (Wildman–Crippen MR) is 72.7 cm³/mol. The average molecular weight is 279 g/mol. The molecule has 19 heavy (non-hydrogen) atoms. The van der Waals surface area contributed by atoms with Crippen molar-refractivity contribution in [3.63, 3.8) is 0 Å². The Balaban J connectivity index is 1.74. The summed E-state index contributed by atoms with van der Waals surface area (Å²) in [5.74, 6) is 0.374. The van der Waals surface area contributed by atoms with E-state index in [9.17, 15) is 9.00 Å². The normalized spacial score (nSPS) is 27.8. The summed E-state index contributed by atoms with van der Waals surface area (Å²) in [6.07, 6.45) is 3.50. The van der Waals surface area contributed by atoms with E-state index in [0.29, 0.717) is 5.75 Å². The number of carbonyl (C=O) groups is 1. The number of nitrogens with zero attached hydrogens (tertiary/aromatic N) is 1. The summed E-state index contributed by atoms with van der Waals surface area (Å²) in [7, 11) is -1.34. The number of ether oxygens (including phenoxy) is 1. The molecule has 2 aliphatic rings. The SMILES string of the molecule is O=C1O[C@H]2CCCC[C@@H]2N1S(=O)Cc1ccccc1. The Morgan fingerprint density at radius 1 is 1.21 bits per heavy atom. The Kier molecular flexibility index (Phi) is 3.55. The van der Waals surface area contributed by atoms with Gasteiger partial charge in [0.15, 0.2) is 0 Å². The lowest BCUT2D eigenvalue weighted by molar-refractivity contribution is 0.113. The molecule has 1 saturated carbocycles. The molecule has 0 aromatic heterocycles. The van der Waals surface area contributed by atoms with Crippen LogP contribution in [0, 0.1) is 0 Å². The van der Waals surface area contributed by atoms with Crippen molar-refractivity contribution in [2.75, 3.05) is 0 Å². The highest BCUT2D eigenvalue weighted by atomic mass is 32.2. The second kappa shape index (κ2) is 5.33. The first kappa shape index (κ1) is 12.7. The smallest absolute Gasteiger partial charge is 0.422 e. The lowest BCUT2D eigenvalue weighted by Crippen LogP contribution is -2.40. The summed E-state index contributed by atoms with van der Waals surface area (Å²) < 4.78 is 19.2. The minimum atomic E-state index is -1.34. The molecule has 0 spiro atoms. The second-order valence-corrected chi connectivity index (χ2v) is 6.38. The first-order chi connectivity index (χ1) is 9.25. The molecule has 1 amide bonds. The van der Waals surface area contributed by atoms with Crippen LogP contribution in [0.25, 0.3) is 0 Å². The highest BCUT2D eigenvalue weighted by Gasteiger charge is 2.45. The molecule has 1 aliphatic carbocycles. The molecule has 3 rings (SSSR count). The van der Waals surface area contributed by atoms with Gasteiger partial charge in [-0.15, -0.1) is 0 Å². The maximum Gasteiger partial charge on any atom is 0.422 e. The average Bonchev–Trinajstić information content (AvgIpc) is 2.75. The number of hydrogen-bond donors (Lipinski definition) is 0. The third-order valence-corrected chi connectivity index (χ3v) is 5.19. The van der Waals surface area contributed by atoms with E-state index in [1.807, 2.05) is 30.3 Å². The zero-order valence-corrected chi connectivity index (χ0v) is 11.5. The highest BCUT2D eigenvalue weighted by molar-refractivity contribution is 7.82. The van der Waals surface area contributed by atoms with Crippen LogP contribution in [0.1, 0.15) is 31.2 Å². The summed E-state index contributed by atoms with van der Waals surface area (Å²) >= 11 is 0. The van der Waals surface area contributed by atoms with Gasteiger partial charge in [0, 0.05) is 0 Å². The molecule has 0 bridgehead atoms. The van der Waals surface area contributed by atoms with E-state index in [2.05, 4.69) is 0 Å². The summed E-state index contributed by atoms with van der Waals surface area (Å²) in [5.41, 5.74) is 0.980. The van der Waals surface area contributed by atoms with Crippen LogP contribution in [0.2, 0.25) is 0 Å². The number of fused-ring (bicyclic) bond motifs is 1. The van der Waals surface area contributed by atoms with E-state index in [1.165, 1.54) is 4.31 Å². The number of carbonyl (C=O) groups excluding carboxylic acids is 1. The van der Waals surface area contributed by atoms with E-state index in [4.69, 9.17) is 4.74 Å². The number of amides is 1. The molecule has 102 valence electrons. The van der Waals surface area contributed by atoms with Crippen LogP contribution < -0.4 is 0 Å². The van der Waals surface area contributed by atoms with E-state index in [1.54, 1.807) is 0 Å². The molecule has 1 aliphatic heterocycles. The third-order valence-electron chi connectivity index (χ3n) is 3.75. The van der Waals surface area contributed by atoms with Crippen LogP contribution in [0.3, 0.4) is 0 Å². The van der Waals surface area contributed by atoms with Crippen molar-refractivity contribution in [1.82, 2.24) is 4.31 Å². The maximum absolute atomic E-state index is 12.4. The van der Waals surface area contributed by atoms with Crippen molar-refractivity contribution in [3.05, 3.63) is 35.9 Å². The van der Waals surface area contributed by atoms with Crippen molar-refractivity contribution >= 4 is 17.1 Å². The van der Waals surface area contributed by atoms with Gasteiger partial charge in [-0.1, -0.05) is 36.8 Å². The summed E-state index contributed by atoms with van der Waals surface area (Å²) in [4.78, 5) is 11.9. The van der Waals surface area contributed by atoms with E-state index >= 15 is 0 Å². The van der Waals surface area contributed by atoms with Crippen LogP contribution in [0.15, 0.2) is 30.3 Å². The molecule has 1 heterocycles. The monoisotopic (exact) mass is 279 g/mol. The minimum Gasteiger partial charge on any atom is -0.443 e. The number of hydrogen-bond acceptors (Lipinski definition) is 3. The van der Waals surface area contributed by atoms with Crippen LogP contribution in [-0.4, -0.2) is 26.8 Å². The number of benzene rings is 1. The quantitative estimate of drug-likeness (QED) is 0.854. The van der Waals surface area contributed by atoms with Crippen molar-refractivity contribution in [2.45, 2.75) is 43.6 Å². The largest absolute Gasteiger partial charge is 0.443 e. The molecule has 5 heteroatoms. The molecule has 1 unspecified atom stereocenters. The summed E-state index contributed by atoms with van der Waals surface area (Å²) in [6.45, 7) is 0. The fourth-order valence-electron chi connectivity index (χ4n) is 2.82. The zero-order valence-electron chi connectivity index (χ0n) is 10.7. The lowest BCUT2D eigenvalue weighted by Gasteiger charge is -2.26. The van der Waals surface area contributed by atoms with Gasteiger partial charge in [-0.25, -0.2) is 13.3 Å². The summed E-state index contributed by atoms with van der Waals surface area (Å²) in [6, 6.07) is 9.62. The minimum absolute atomic E-state index is 0.00537. The predicted octanol–water partition coefficient (Wildman–Crippen LogP) is 2.61. The molecule has 0 radical (unpaired) electrons. The van der Waals surface area contributed by atoms with Gasteiger partial charge in [0.1, 0.15) is 17.1 Å². The molecular weight excluding hydrogens is 262 g/mol. The van der Waals surface area contributed by atoms with Crippen molar-refractivity contribution in [2.24, 2.45) is 0 Å². The Hall–Kier alpha value is -1.36. The van der Waals surface area contributed by atoms with Crippen LogP contribution >= 0.6 is 0 Å². The highest BCUT2D eigenvalue weighted by Crippen LogP contribution is 2.33. The zero-order chi connectivity index (χ0) is 13.2. The Bertz CT molecular complexity index is 491. The third kappa shape index (κ3) is 2.52. The van der Waals surface area contributed by atoms with Crippen LogP contribution in [0.5, 0.6) is 0 Å². The van der Waals surface area contributed by atoms with Crippen LogP contribution in [0.4, 0.5) is 4.79 Å². The molecule has 4 nitrogen and oxygen atoms in total.